The minimum atomic E-state index is 0.806. The van der Waals surface area contributed by atoms with E-state index in [1.165, 1.54) is 10.5 Å². The number of nitrogens with two attached hydrogens (primary N) is 1. The summed E-state index contributed by atoms with van der Waals surface area (Å²) in [6, 6.07) is 14.1. The van der Waals surface area contributed by atoms with E-state index in [4.69, 9.17) is 10.5 Å². The molecule has 3 heteroatoms. The first kappa shape index (κ1) is 11.9. The van der Waals surface area contributed by atoms with E-state index in [1.54, 1.807) is 18.9 Å². The molecule has 0 spiro atoms. The van der Waals surface area contributed by atoms with Gasteiger partial charge in [-0.15, -0.1) is 0 Å². The van der Waals surface area contributed by atoms with E-state index in [2.05, 4.69) is 13.0 Å². The quantitative estimate of drug-likeness (QED) is 0.837. The summed E-state index contributed by atoms with van der Waals surface area (Å²) in [6.45, 7) is 2.05. The highest BCUT2D eigenvalue weighted by Crippen LogP contribution is 2.30. The van der Waals surface area contributed by atoms with Crippen LogP contribution in [0.5, 0.6) is 5.75 Å². The van der Waals surface area contributed by atoms with Crippen molar-refractivity contribution in [3.8, 4) is 5.75 Å². The van der Waals surface area contributed by atoms with Gasteiger partial charge in [-0.3, -0.25) is 0 Å². The number of hydrogen-bond acceptors (Lipinski definition) is 3. The lowest BCUT2D eigenvalue weighted by Crippen LogP contribution is -1.86. The summed E-state index contributed by atoms with van der Waals surface area (Å²) < 4.78 is 5.13. The average Bonchev–Trinajstić information content (AvgIpc) is 2.28. The largest absolute Gasteiger partial charge is 0.497 e. The summed E-state index contributed by atoms with van der Waals surface area (Å²) in [5.41, 5.74) is 7.81. The minimum Gasteiger partial charge on any atom is -0.497 e. The van der Waals surface area contributed by atoms with Gasteiger partial charge >= 0.3 is 0 Å². The Kier molecular flexibility index (Phi) is 3.59. The van der Waals surface area contributed by atoms with E-state index in [0.29, 0.717) is 0 Å². The maximum Gasteiger partial charge on any atom is 0.118 e. The number of hydrogen-bond donors (Lipinski definition) is 1. The maximum atomic E-state index is 5.83. The van der Waals surface area contributed by atoms with Gasteiger partial charge in [0.2, 0.25) is 0 Å². The highest BCUT2D eigenvalue weighted by atomic mass is 32.2. The van der Waals surface area contributed by atoms with Crippen LogP contribution in [0.25, 0.3) is 0 Å². The van der Waals surface area contributed by atoms with E-state index in [-0.39, 0.29) is 0 Å². The lowest BCUT2D eigenvalue weighted by molar-refractivity contribution is 0.414. The van der Waals surface area contributed by atoms with Gasteiger partial charge in [0.1, 0.15) is 5.75 Å². The zero-order chi connectivity index (χ0) is 12.3. The normalized spacial score (nSPS) is 10.2. The number of aryl methyl sites for hydroxylation is 1. The van der Waals surface area contributed by atoms with Crippen molar-refractivity contribution >= 4 is 17.4 Å². The van der Waals surface area contributed by atoms with Gasteiger partial charge in [-0.1, -0.05) is 11.8 Å². The van der Waals surface area contributed by atoms with Crippen LogP contribution in [-0.2, 0) is 0 Å². The molecule has 2 nitrogen and oxygen atoms in total. The van der Waals surface area contributed by atoms with E-state index in [9.17, 15) is 0 Å². The minimum absolute atomic E-state index is 0.806. The van der Waals surface area contributed by atoms with Gasteiger partial charge in [-0.05, 0) is 55.0 Å². The van der Waals surface area contributed by atoms with Gasteiger partial charge in [0, 0.05) is 15.5 Å². The third kappa shape index (κ3) is 3.17. The van der Waals surface area contributed by atoms with Crippen LogP contribution in [-0.4, -0.2) is 7.11 Å². The molecule has 0 atom stereocenters. The first-order valence-corrected chi connectivity index (χ1v) is 6.18. The van der Waals surface area contributed by atoms with Crippen molar-refractivity contribution in [1.82, 2.24) is 0 Å². The van der Waals surface area contributed by atoms with Crippen LogP contribution >= 0.6 is 11.8 Å². The third-order valence-electron chi connectivity index (χ3n) is 2.37. The van der Waals surface area contributed by atoms with Crippen molar-refractivity contribution in [2.45, 2.75) is 16.7 Å². The molecule has 0 amide bonds. The van der Waals surface area contributed by atoms with Gasteiger partial charge in [-0.25, -0.2) is 0 Å². The maximum absolute atomic E-state index is 5.83. The number of anilines is 1. The molecule has 0 saturated heterocycles. The van der Waals surface area contributed by atoms with Crippen LogP contribution in [0.2, 0.25) is 0 Å². The Labute approximate surface area is 106 Å². The Morgan fingerprint density at radius 3 is 2.29 bits per heavy atom. The Bertz CT molecular complexity index is 488. The molecule has 2 rings (SSSR count). The molecule has 0 aromatic heterocycles. The van der Waals surface area contributed by atoms with E-state index >= 15 is 0 Å². The van der Waals surface area contributed by atoms with E-state index in [1.807, 2.05) is 36.4 Å². The average molecular weight is 245 g/mol. The summed E-state index contributed by atoms with van der Waals surface area (Å²) in [5.74, 6) is 0.873. The summed E-state index contributed by atoms with van der Waals surface area (Å²) in [6.07, 6.45) is 0. The Morgan fingerprint density at radius 1 is 1.00 bits per heavy atom. The molecule has 0 aliphatic rings. The van der Waals surface area contributed by atoms with Crippen molar-refractivity contribution in [3.05, 3.63) is 48.0 Å². The Morgan fingerprint density at radius 2 is 1.71 bits per heavy atom. The molecule has 0 radical (unpaired) electrons. The van der Waals surface area contributed by atoms with Crippen LogP contribution < -0.4 is 10.5 Å². The molecule has 2 N–H and O–H groups in total. The predicted octanol–water partition coefficient (Wildman–Crippen LogP) is 3.74. The van der Waals surface area contributed by atoms with Crippen LogP contribution in [0.1, 0.15) is 5.56 Å². The van der Waals surface area contributed by atoms with Gasteiger partial charge < -0.3 is 10.5 Å². The topological polar surface area (TPSA) is 35.2 Å². The molecule has 0 aliphatic carbocycles. The molecular weight excluding hydrogens is 230 g/mol. The third-order valence-corrected chi connectivity index (χ3v) is 3.35. The molecule has 17 heavy (non-hydrogen) atoms. The molecule has 88 valence electrons. The van der Waals surface area contributed by atoms with Gasteiger partial charge in [0.15, 0.2) is 0 Å². The van der Waals surface area contributed by atoms with Crippen LogP contribution in [0.4, 0.5) is 5.69 Å². The molecular formula is C14H15NOS. The standard InChI is InChI=1S/C14H15NOS/c1-10-7-11(15)9-14(8-10)17-13-5-3-12(16-2)4-6-13/h3-9H,15H2,1-2H3. The molecule has 2 aromatic rings. The monoisotopic (exact) mass is 245 g/mol. The zero-order valence-corrected chi connectivity index (χ0v) is 10.8. The molecule has 0 aliphatic heterocycles. The SMILES string of the molecule is COc1ccc(Sc2cc(C)cc(N)c2)cc1. The smallest absolute Gasteiger partial charge is 0.118 e. The predicted molar refractivity (Wildman–Crippen MR) is 72.7 cm³/mol. The van der Waals surface area contributed by atoms with Crippen LogP contribution in [0, 0.1) is 6.92 Å². The number of methoxy groups -OCH3 is 1. The molecule has 0 heterocycles. The van der Waals surface area contributed by atoms with Crippen LogP contribution in [0.15, 0.2) is 52.3 Å². The summed E-state index contributed by atoms with van der Waals surface area (Å²) in [4.78, 5) is 2.34. The zero-order valence-electron chi connectivity index (χ0n) is 9.94. The second-order valence-corrected chi connectivity index (χ2v) is 5.00. The lowest BCUT2D eigenvalue weighted by Gasteiger charge is -2.05. The molecule has 0 saturated carbocycles. The Balaban J connectivity index is 2.19. The number of rotatable bonds is 3. The van der Waals surface area contributed by atoms with E-state index in [0.717, 1.165) is 16.3 Å². The molecule has 0 fully saturated rings. The van der Waals surface area contributed by atoms with Crippen molar-refractivity contribution in [3.63, 3.8) is 0 Å². The van der Waals surface area contributed by atoms with Gasteiger partial charge in [0.25, 0.3) is 0 Å². The summed E-state index contributed by atoms with van der Waals surface area (Å²) in [5, 5.41) is 0. The van der Waals surface area contributed by atoms with Crippen molar-refractivity contribution in [2.75, 3.05) is 12.8 Å². The fourth-order valence-corrected chi connectivity index (χ4v) is 2.60. The second-order valence-electron chi connectivity index (χ2n) is 3.86. The lowest BCUT2D eigenvalue weighted by atomic mass is 10.2. The van der Waals surface area contributed by atoms with Crippen molar-refractivity contribution < 1.29 is 4.74 Å². The molecule has 2 aromatic carbocycles. The van der Waals surface area contributed by atoms with Crippen molar-refractivity contribution in [1.29, 1.82) is 0 Å². The Hall–Kier alpha value is -1.61. The van der Waals surface area contributed by atoms with Gasteiger partial charge in [-0.2, -0.15) is 0 Å². The van der Waals surface area contributed by atoms with Crippen LogP contribution in [0.3, 0.4) is 0 Å². The summed E-state index contributed by atoms with van der Waals surface area (Å²) >= 11 is 1.70. The highest BCUT2D eigenvalue weighted by molar-refractivity contribution is 7.99. The number of nitrogen functional groups attached to an aromatic ring is 1. The van der Waals surface area contributed by atoms with E-state index < -0.39 is 0 Å². The molecule has 0 bridgehead atoms. The van der Waals surface area contributed by atoms with Gasteiger partial charge in [0.05, 0.1) is 7.11 Å². The first-order valence-electron chi connectivity index (χ1n) is 5.36. The summed E-state index contributed by atoms with van der Waals surface area (Å²) in [7, 11) is 1.67. The number of benzene rings is 2. The first-order chi connectivity index (χ1) is 8.17. The second kappa shape index (κ2) is 5.15. The molecule has 0 unspecified atom stereocenters. The fourth-order valence-electron chi connectivity index (χ4n) is 1.62. The highest BCUT2D eigenvalue weighted by Gasteiger charge is 2.00. The number of ether oxygens (including phenoxy) is 1. The fraction of sp³-hybridized carbons (Fsp3) is 0.143. The van der Waals surface area contributed by atoms with Crippen molar-refractivity contribution in [2.24, 2.45) is 0 Å².